The third-order valence-electron chi connectivity index (χ3n) is 4.58. The van der Waals surface area contributed by atoms with Crippen LogP contribution in [0.4, 0.5) is 0 Å². The van der Waals surface area contributed by atoms with Crippen molar-refractivity contribution in [2.45, 2.75) is 46.3 Å². The van der Waals surface area contributed by atoms with Gasteiger partial charge >= 0.3 is 5.97 Å². The Labute approximate surface area is 159 Å². The van der Waals surface area contributed by atoms with E-state index >= 15 is 0 Å². The molecule has 1 atom stereocenters. The van der Waals surface area contributed by atoms with Gasteiger partial charge in [0.05, 0.1) is 18.1 Å². The van der Waals surface area contributed by atoms with Crippen LogP contribution in [0.1, 0.15) is 44.2 Å². The molecular formula is C22H26N2O3. The summed E-state index contributed by atoms with van der Waals surface area (Å²) in [6.07, 6.45) is 2.03. The van der Waals surface area contributed by atoms with Gasteiger partial charge in [-0.05, 0) is 47.2 Å². The van der Waals surface area contributed by atoms with Crippen molar-refractivity contribution in [2.75, 3.05) is 0 Å². The molecule has 5 heteroatoms. The lowest BCUT2D eigenvalue weighted by atomic mass is 9.98. The van der Waals surface area contributed by atoms with Crippen LogP contribution < -0.4 is 4.74 Å². The standard InChI is InChI=1S/C22H26N2O3/c1-15(2)13-24-21-9-4-17(11-19(21)12-23-24)14-27-20-7-5-18(6-8-20)16(3)10-22(25)26/h4-9,11-12,15-16H,10,13-14H2,1-3H3,(H,25,26). The molecule has 1 heterocycles. The Morgan fingerprint density at radius 3 is 2.56 bits per heavy atom. The van der Waals surface area contributed by atoms with E-state index in [1.54, 1.807) is 0 Å². The summed E-state index contributed by atoms with van der Waals surface area (Å²) in [7, 11) is 0. The highest BCUT2D eigenvalue weighted by molar-refractivity contribution is 5.79. The predicted octanol–water partition coefficient (Wildman–Crippen LogP) is 4.85. The molecule has 0 saturated heterocycles. The third-order valence-corrected chi connectivity index (χ3v) is 4.58. The van der Waals surface area contributed by atoms with Gasteiger partial charge in [0.2, 0.25) is 0 Å². The first-order valence-electron chi connectivity index (χ1n) is 9.31. The highest BCUT2D eigenvalue weighted by Crippen LogP contribution is 2.23. The predicted molar refractivity (Wildman–Crippen MR) is 106 cm³/mol. The monoisotopic (exact) mass is 366 g/mol. The Hall–Kier alpha value is -2.82. The van der Waals surface area contributed by atoms with Gasteiger partial charge in [0.25, 0.3) is 0 Å². The molecule has 0 fully saturated rings. The second-order valence-corrected chi connectivity index (χ2v) is 7.47. The number of nitrogens with zero attached hydrogens (tertiary/aromatic N) is 2. The van der Waals surface area contributed by atoms with Crippen LogP contribution in [0.25, 0.3) is 10.9 Å². The molecule has 1 unspecified atom stereocenters. The second-order valence-electron chi connectivity index (χ2n) is 7.47. The van der Waals surface area contributed by atoms with Crippen LogP contribution >= 0.6 is 0 Å². The molecule has 0 aliphatic carbocycles. The van der Waals surface area contributed by atoms with Gasteiger partial charge in [-0.15, -0.1) is 0 Å². The molecule has 0 bridgehead atoms. The normalized spacial score (nSPS) is 12.4. The van der Waals surface area contributed by atoms with E-state index in [9.17, 15) is 4.79 Å². The third kappa shape index (κ3) is 4.88. The van der Waals surface area contributed by atoms with Gasteiger partial charge < -0.3 is 9.84 Å². The van der Waals surface area contributed by atoms with Gasteiger partial charge in [-0.25, -0.2) is 0 Å². The van der Waals surface area contributed by atoms with Gasteiger partial charge in [-0.1, -0.05) is 39.0 Å². The average molecular weight is 366 g/mol. The number of rotatable bonds is 8. The summed E-state index contributed by atoms with van der Waals surface area (Å²) < 4.78 is 7.93. The van der Waals surface area contributed by atoms with E-state index in [0.29, 0.717) is 12.5 Å². The summed E-state index contributed by atoms with van der Waals surface area (Å²) in [5, 5.41) is 14.5. The van der Waals surface area contributed by atoms with Crippen LogP contribution in [-0.2, 0) is 17.9 Å². The summed E-state index contributed by atoms with van der Waals surface area (Å²) in [6, 6.07) is 13.9. The fourth-order valence-electron chi connectivity index (χ4n) is 3.16. The van der Waals surface area contributed by atoms with Crippen LogP contribution in [0, 0.1) is 5.92 Å². The van der Waals surface area contributed by atoms with Crippen LogP contribution in [-0.4, -0.2) is 20.9 Å². The van der Waals surface area contributed by atoms with Gasteiger partial charge in [0.1, 0.15) is 12.4 Å². The van der Waals surface area contributed by atoms with Crippen LogP contribution in [0.15, 0.2) is 48.7 Å². The van der Waals surface area contributed by atoms with Gasteiger partial charge in [0, 0.05) is 11.9 Å². The average Bonchev–Trinajstić information content (AvgIpc) is 3.01. The first-order chi connectivity index (χ1) is 12.9. The number of benzene rings is 2. The molecule has 142 valence electrons. The number of carboxylic acids is 1. The molecule has 5 nitrogen and oxygen atoms in total. The molecule has 3 rings (SSSR count). The van der Waals surface area contributed by atoms with E-state index in [4.69, 9.17) is 9.84 Å². The molecule has 0 radical (unpaired) electrons. The lowest BCUT2D eigenvalue weighted by Gasteiger charge is -2.11. The number of fused-ring (bicyclic) bond motifs is 1. The van der Waals surface area contributed by atoms with E-state index < -0.39 is 5.97 Å². The number of hydrogen-bond donors (Lipinski definition) is 1. The number of carboxylic acid groups (broad SMARTS) is 1. The summed E-state index contributed by atoms with van der Waals surface area (Å²) in [5.41, 5.74) is 3.24. The maximum atomic E-state index is 10.8. The zero-order valence-corrected chi connectivity index (χ0v) is 16.1. The molecule has 0 spiro atoms. The summed E-state index contributed by atoms with van der Waals surface area (Å²) in [6.45, 7) is 7.67. The number of ether oxygens (including phenoxy) is 1. The molecule has 0 aliphatic rings. The Balaban J connectivity index is 1.63. The van der Waals surface area contributed by atoms with E-state index in [1.165, 1.54) is 0 Å². The number of aliphatic carboxylic acids is 1. The van der Waals surface area contributed by atoms with E-state index in [2.05, 4.69) is 37.1 Å². The largest absolute Gasteiger partial charge is 0.489 e. The van der Waals surface area contributed by atoms with Crippen molar-refractivity contribution in [3.8, 4) is 5.75 Å². The topological polar surface area (TPSA) is 64.4 Å². The van der Waals surface area contributed by atoms with Crippen molar-refractivity contribution in [1.29, 1.82) is 0 Å². The molecule has 0 aliphatic heterocycles. The molecule has 2 aromatic carbocycles. The summed E-state index contributed by atoms with van der Waals surface area (Å²) >= 11 is 0. The van der Waals surface area contributed by atoms with Crippen molar-refractivity contribution in [2.24, 2.45) is 5.92 Å². The second kappa shape index (κ2) is 8.25. The lowest BCUT2D eigenvalue weighted by molar-refractivity contribution is -0.137. The highest BCUT2D eigenvalue weighted by Gasteiger charge is 2.10. The van der Waals surface area contributed by atoms with Crippen LogP contribution in [0.3, 0.4) is 0 Å². The minimum absolute atomic E-state index is 0.0127. The summed E-state index contributed by atoms with van der Waals surface area (Å²) in [5.74, 6) is 0.533. The number of aromatic nitrogens is 2. The fraction of sp³-hybridized carbons (Fsp3) is 0.364. The van der Waals surface area contributed by atoms with Crippen molar-refractivity contribution in [1.82, 2.24) is 9.78 Å². The first kappa shape index (κ1) is 19.0. The van der Waals surface area contributed by atoms with Crippen molar-refractivity contribution < 1.29 is 14.6 Å². The zero-order chi connectivity index (χ0) is 19.4. The maximum absolute atomic E-state index is 10.8. The minimum atomic E-state index is -0.782. The Morgan fingerprint density at radius 1 is 1.15 bits per heavy atom. The van der Waals surface area contributed by atoms with Gasteiger partial charge in [-0.2, -0.15) is 5.10 Å². The Morgan fingerprint density at radius 2 is 1.89 bits per heavy atom. The molecule has 1 N–H and O–H groups in total. The first-order valence-corrected chi connectivity index (χ1v) is 9.31. The molecule has 0 saturated carbocycles. The summed E-state index contributed by atoms with van der Waals surface area (Å²) in [4.78, 5) is 10.8. The smallest absolute Gasteiger partial charge is 0.303 e. The van der Waals surface area contributed by atoms with Crippen molar-refractivity contribution >= 4 is 16.9 Å². The van der Waals surface area contributed by atoms with E-state index in [-0.39, 0.29) is 12.3 Å². The highest BCUT2D eigenvalue weighted by atomic mass is 16.5. The lowest BCUT2D eigenvalue weighted by Crippen LogP contribution is -2.05. The quantitative estimate of drug-likeness (QED) is 0.619. The van der Waals surface area contributed by atoms with Crippen molar-refractivity contribution in [3.05, 3.63) is 59.8 Å². The fourth-order valence-corrected chi connectivity index (χ4v) is 3.16. The van der Waals surface area contributed by atoms with Gasteiger partial charge in [-0.3, -0.25) is 9.48 Å². The zero-order valence-electron chi connectivity index (χ0n) is 16.1. The molecule has 27 heavy (non-hydrogen) atoms. The number of carbonyl (C=O) groups is 1. The van der Waals surface area contributed by atoms with E-state index in [1.807, 2.05) is 42.1 Å². The Bertz CT molecular complexity index is 913. The Kier molecular flexibility index (Phi) is 5.79. The molecule has 0 amide bonds. The SMILES string of the molecule is CC(C)Cn1ncc2cc(COc3ccc(C(C)CC(=O)O)cc3)ccc21. The van der Waals surface area contributed by atoms with Crippen LogP contribution in [0.5, 0.6) is 5.75 Å². The van der Waals surface area contributed by atoms with Crippen LogP contribution in [0.2, 0.25) is 0 Å². The van der Waals surface area contributed by atoms with Crippen molar-refractivity contribution in [3.63, 3.8) is 0 Å². The maximum Gasteiger partial charge on any atom is 0.303 e. The molecule has 3 aromatic rings. The molecule has 1 aromatic heterocycles. The minimum Gasteiger partial charge on any atom is -0.489 e. The number of hydrogen-bond acceptors (Lipinski definition) is 3. The van der Waals surface area contributed by atoms with E-state index in [0.717, 1.165) is 34.3 Å². The molecular weight excluding hydrogens is 340 g/mol. The van der Waals surface area contributed by atoms with Gasteiger partial charge in [0.15, 0.2) is 0 Å².